The molecule has 0 atom stereocenters. The standard InChI is InChI=1S/C24H30FN7/c1-18-29-30-23(31(18)2)17-27-24(26-16-19-7-4-3-5-8-19)28-21-11-13-32(14-12-21)22-10-6-9-20(25)15-22/h3-10,15,21H,11-14,16-17H2,1-2H3,(H2,26,27,28). The van der Waals surface area contributed by atoms with Gasteiger partial charge in [0.2, 0.25) is 0 Å². The van der Waals surface area contributed by atoms with Crippen molar-refractivity contribution in [1.29, 1.82) is 0 Å². The minimum absolute atomic E-state index is 0.193. The lowest BCUT2D eigenvalue weighted by Gasteiger charge is -2.34. The largest absolute Gasteiger partial charge is 0.371 e. The molecule has 168 valence electrons. The van der Waals surface area contributed by atoms with E-state index in [-0.39, 0.29) is 5.82 Å². The third-order valence-corrected chi connectivity index (χ3v) is 5.87. The van der Waals surface area contributed by atoms with Crippen LogP contribution < -0.4 is 15.5 Å². The summed E-state index contributed by atoms with van der Waals surface area (Å²) in [5.41, 5.74) is 2.10. The summed E-state index contributed by atoms with van der Waals surface area (Å²) in [5.74, 6) is 2.31. The highest BCUT2D eigenvalue weighted by atomic mass is 19.1. The number of benzene rings is 2. The van der Waals surface area contributed by atoms with Gasteiger partial charge in [0.15, 0.2) is 11.8 Å². The van der Waals surface area contributed by atoms with E-state index in [2.05, 4.69) is 37.9 Å². The maximum Gasteiger partial charge on any atom is 0.192 e. The van der Waals surface area contributed by atoms with E-state index in [9.17, 15) is 4.39 Å². The Morgan fingerprint density at radius 1 is 1.09 bits per heavy atom. The Morgan fingerprint density at radius 2 is 1.88 bits per heavy atom. The molecule has 2 N–H and O–H groups in total. The molecule has 0 saturated carbocycles. The summed E-state index contributed by atoms with van der Waals surface area (Å²) in [7, 11) is 1.96. The zero-order valence-electron chi connectivity index (χ0n) is 18.6. The van der Waals surface area contributed by atoms with Gasteiger partial charge in [-0.15, -0.1) is 10.2 Å². The highest BCUT2D eigenvalue weighted by Crippen LogP contribution is 2.20. The number of hydrogen-bond donors (Lipinski definition) is 2. The lowest BCUT2D eigenvalue weighted by molar-refractivity contribution is 0.460. The second kappa shape index (κ2) is 10.3. The Kier molecular flexibility index (Phi) is 6.99. The van der Waals surface area contributed by atoms with Crippen LogP contribution in [-0.2, 0) is 20.1 Å². The minimum Gasteiger partial charge on any atom is -0.371 e. The molecule has 32 heavy (non-hydrogen) atoms. The minimum atomic E-state index is -0.193. The SMILES string of the molecule is Cc1nnc(CNC(=NCc2ccccc2)NC2CCN(c3cccc(F)c3)CC2)n1C. The van der Waals surface area contributed by atoms with Crippen molar-refractivity contribution in [2.45, 2.75) is 38.9 Å². The lowest BCUT2D eigenvalue weighted by Crippen LogP contribution is -2.48. The molecule has 0 bridgehead atoms. The van der Waals surface area contributed by atoms with Crippen LogP contribution in [0.1, 0.15) is 30.1 Å². The van der Waals surface area contributed by atoms with Crippen LogP contribution in [0.25, 0.3) is 0 Å². The summed E-state index contributed by atoms with van der Waals surface area (Å²) < 4.78 is 15.5. The number of aliphatic imine (C=N–C) groups is 1. The highest BCUT2D eigenvalue weighted by molar-refractivity contribution is 5.80. The average Bonchev–Trinajstić information content (AvgIpc) is 3.14. The molecule has 1 fully saturated rings. The Hall–Kier alpha value is -3.42. The zero-order chi connectivity index (χ0) is 22.3. The van der Waals surface area contributed by atoms with Crippen molar-refractivity contribution in [2.75, 3.05) is 18.0 Å². The summed E-state index contributed by atoms with van der Waals surface area (Å²) >= 11 is 0. The Bertz CT molecular complexity index is 1040. The van der Waals surface area contributed by atoms with Gasteiger partial charge in [0.05, 0.1) is 13.1 Å². The molecule has 3 aromatic rings. The molecule has 1 aliphatic rings. The molecule has 0 amide bonds. The van der Waals surface area contributed by atoms with Crippen molar-refractivity contribution in [3.63, 3.8) is 0 Å². The number of rotatable bonds is 6. The summed E-state index contributed by atoms with van der Waals surface area (Å²) in [6, 6.07) is 17.3. The number of aryl methyl sites for hydroxylation is 1. The summed E-state index contributed by atoms with van der Waals surface area (Å²) in [6.07, 6.45) is 1.90. The number of piperidine rings is 1. The Labute approximate surface area is 188 Å². The fraction of sp³-hybridized carbons (Fsp3) is 0.375. The van der Waals surface area contributed by atoms with Gasteiger partial charge < -0.3 is 20.1 Å². The molecule has 0 aliphatic carbocycles. The monoisotopic (exact) mass is 435 g/mol. The molecule has 8 heteroatoms. The van der Waals surface area contributed by atoms with E-state index in [0.717, 1.165) is 54.8 Å². The molecule has 0 unspecified atom stereocenters. The van der Waals surface area contributed by atoms with Crippen LogP contribution in [0.2, 0.25) is 0 Å². The van der Waals surface area contributed by atoms with Gasteiger partial charge in [-0.3, -0.25) is 0 Å². The molecule has 7 nitrogen and oxygen atoms in total. The smallest absolute Gasteiger partial charge is 0.192 e. The summed E-state index contributed by atoms with van der Waals surface area (Å²) in [5, 5.41) is 15.4. The van der Waals surface area contributed by atoms with Gasteiger partial charge in [-0.1, -0.05) is 36.4 Å². The van der Waals surface area contributed by atoms with E-state index in [1.54, 1.807) is 12.1 Å². The topological polar surface area (TPSA) is 70.4 Å². The van der Waals surface area contributed by atoms with E-state index in [1.165, 1.54) is 6.07 Å². The van der Waals surface area contributed by atoms with Gasteiger partial charge in [0.25, 0.3) is 0 Å². The zero-order valence-corrected chi connectivity index (χ0v) is 18.6. The van der Waals surface area contributed by atoms with Crippen LogP contribution in [0.15, 0.2) is 59.6 Å². The second-order valence-electron chi connectivity index (χ2n) is 8.11. The normalized spacial score (nSPS) is 15.1. The van der Waals surface area contributed by atoms with Gasteiger partial charge >= 0.3 is 0 Å². The third kappa shape index (κ3) is 5.63. The van der Waals surface area contributed by atoms with Crippen LogP contribution in [0, 0.1) is 12.7 Å². The van der Waals surface area contributed by atoms with E-state index in [4.69, 9.17) is 4.99 Å². The van der Waals surface area contributed by atoms with Crippen molar-refractivity contribution >= 4 is 11.6 Å². The quantitative estimate of drug-likeness (QED) is 0.460. The fourth-order valence-corrected chi connectivity index (χ4v) is 3.82. The van der Waals surface area contributed by atoms with Gasteiger partial charge in [0.1, 0.15) is 11.6 Å². The molecule has 2 aromatic carbocycles. The van der Waals surface area contributed by atoms with E-state index < -0.39 is 0 Å². The molecule has 1 aromatic heterocycles. The molecule has 0 spiro atoms. The third-order valence-electron chi connectivity index (χ3n) is 5.87. The molecule has 4 rings (SSSR count). The highest BCUT2D eigenvalue weighted by Gasteiger charge is 2.21. The van der Waals surface area contributed by atoms with Crippen LogP contribution in [0.5, 0.6) is 0 Å². The first-order chi connectivity index (χ1) is 15.6. The second-order valence-corrected chi connectivity index (χ2v) is 8.11. The van der Waals surface area contributed by atoms with Crippen molar-refractivity contribution < 1.29 is 4.39 Å². The first kappa shape index (κ1) is 21.8. The van der Waals surface area contributed by atoms with E-state index in [1.807, 2.05) is 42.8 Å². The van der Waals surface area contributed by atoms with Crippen LogP contribution in [0.4, 0.5) is 10.1 Å². The van der Waals surface area contributed by atoms with Crippen molar-refractivity contribution in [3.05, 3.63) is 77.6 Å². The van der Waals surface area contributed by atoms with E-state index in [0.29, 0.717) is 19.1 Å². The Morgan fingerprint density at radius 3 is 2.56 bits per heavy atom. The lowest BCUT2D eigenvalue weighted by atomic mass is 10.0. The number of guanidine groups is 1. The van der Waals surface area contributed by atoms with Crippen molar-refractivity contribution in [2.24, 2.45) is 12.0 Å². The van der Waals surface area contributed by atoms with Crippen LogP contribution >= 0.6 is 0 Å². The molecular formula is C24H30FN7. The predicted octanol–water partition coefficient (Wildman–Crippen LogP) is 3.17. The number of nitrogens with zero attached hydrogens (tertiary/aromatic N) is 5. The molecule has 2 heterocycles. The van der Waals surface area contributed by atoms with Gasteiger partial charge in [-0.2, -0.15) is 0 Å². The maximum absolute atomic E-state index is 13.6. The summed E-state index contributed by atoms with van der Waals surface area (Å²) in [4.78, 5) is 7.04. The number of aromatic nitrogens is 3. The molecule has 0 radical (unpaired) electrons. The van der Waals surface area contributed by atoms with Gasteiger partial charge in [-0.05, 0) is 43.5 Å². The van der Waals surface area contributed by atoms with Crippen LogP contribution in [-0.4, -0.2) is 39.9 Å². The average molecular weight is 436 g/mol. The van der Waals surface area contributed by atoms with Gasteiger partial charge in [-0.25, -0.2) is 9.38 Å². The van der Waals surface area contributed by atoms with E-state index >= 15 is 0 Å². The Balaban J connectivity index is 1.39. The number of anilines is 1. The number of hydrogen-bond acceptors (Lipinski definition) is 4. The summed E-state index contributed by atoms with van der Waals surface area (Å²) in [6.45, 7) is 4.81. The van der Waals surface area contributed by atoms with Gasteiger partial charge in [0, 0.05) is 31.9 Å². The predicted molar refractivity (Wildman–Crippen MR) is 125 cm³/mol. The molecular weight excluding hydrogens is 405 g/mol. The van der Waals surface area contributed by atoms with Crippen LogP contribution in [0.3, 0.4) is 0 Å². The van der Waals surface area contributed by atoms with Crippen molar-refractivity contribution in [3.8, 4) is 0 Å². The number of nitrogens with one attached hydrogen (secondary N) is 2. The molecule has 1 saturated heterocycles. The van der Waals surface area contributed by atoms with Crippen molar-refractivity contribution in [1.82, 2.24) is 25.4 Å². The molecule has 1 aliphatic heterocycles. The number of halogens is 1. The first-order valence-electron chi connectivity index (χ1n) is 11.0. The maximum atomic E-state index is 13.6. The first-order valence-corrected chi connectivity index (χ1v) is 11.0. The fourth-order valence-electron chi connectivity index (χ4n) is 3.82.